The van der Waals surface area contributed by atoms with Crippen molar-refractivity contribution in [1.29, 1.82) is 0 Å². The highest BCUT2D eigenvalue weighted by atomic mass is 16.5. The van der Waals surface area contributed by atoms with Crippen LogP contribution in [0.3, 0.4) is 0 Å². The number of carboxylic acids is 1. The summed E-state index contributed by atoms with van der Waals surface area (Å²) in [5.41, 5.74) is 1.85. The predicted octanol–water partition coefficient (Wildman–Crippen LogP) is 3.00. The summed E-state index contributed by atoms with van der Waals surface area (Å²) in [6, 6.07) is 5.22. The van der Waals surface area contributed by atoms with Gasteiger partial charge in [0.05, 0.1) is 19.4 Å². The SMILES string of the molecule is COCCOc1cc2c(cc1OC)-c1cc(=O)c(C(=O)O)cn1[C@@H](C(C)C)C2. The molecule has 2 heterocycles. The molecule has 2 aromatic rings. The van der Waals surface area contributed by atoms with E-state index in [-0.39, 0.29) is 17.5 Å². The summed E-state index contributed by atoms with van der Waals surface area (Å²) in [5.74, 6) is 0.210. The van der Waals surface area contributed by atoms with E-state index in [1.54, 1.807) is 14.2 Å². The third kappa shape index (κ3) is 3.62. The summed E-state index contributed by atoms with van der Waals surface area (Å²) in [4.78, 5) is 23.8. The molecule has 7 heteroatoms. The van der Waals surface area contributed by atoms with E-state index in [0.29, 0.717) is 36.8 Å². The van der Waals surface area contributed by atoms with E-state index in [2.05, 4.69) is 13.8 Å². The molecule has 28 heavy (non-hydrogen) atoms. The summed E-state index contributed by atoms with van der Waals surface area (Å²) >= 11 is 0. The second kappa shape index (κ2) is 8.06. The number of pyridine rings is 1. The minimum Gasteiger partial charge on any atom is -0.493 e. The average Bonchev–Trinajstić information content (AvgIpc) is 2.66. The van der Waals surface area contributed by atoms with Gasteiger partial charge in [0.2, 0.25) is 0 Å². The van der Waals surface area contributed by atoms with Crippen LogP contribution in [0.4, 0.5) is 0 Å². The van der Waals surface area contributed by atoms with Crippen molar-refractivity contribution >= 4 is 5.97 Å². The normalized spacial score (nSPS) is 15.1. The monoisotopic (exact) mass is 387 g/mol. The minimum absolute atomic E-state index is 0.0291. The first-order chi connectivity index (χ1) is 13.4. The number of carboxylic acid groups (broad SMARTS) is 1. The van der Waals surface area contributed by atoms with Crippen molar-refractivity contribution in [3.63, 3.8) is 0 Å². The van der Waals surface area contributed by atoms with Gasteiger partial charge in [-0.2, -0.15) is 0 Å². The van der Waals surface area contributed by atoms with Gasteiger partial charge in [-0.25, -0.2) is 4.79 Å². The van der Waals surface area contributed by atoms with Crippen LogP contribution >= 0.6 is 0 Å². The van der Waals surface area contributed by atoms with Gasteiger partial charge in [0.25, 0.3) is 0 Å². The third-order valence-corrected chi connectivity index (χ3v) is 5.08. The number of hydrogen-bond acceptors (Lipinski definition) is 5. The molecule has 0 unspecified atom stereocenters. The summed E-state index contributed by atoms with van der Waals surface area (Å²) in [6.07, 6.45) is 2.16. The van der Waals surface area contributed by atoms with Crippen LogP contribution in [0.1, 0.15) is 35.8 Å². The zero-order chi connectivity index (χ0) is 20.4. The topological polar surface area (TPSA) is 87.0 Å². The first-order valence-corrected chi connectivity index (χ1v) is 9.19. The molecule has 0 spiro atoms. The van der Waals surface area contributed by atoms with Crippen molar-refractivity contribution in [3.8, 4) is 22.8 Å². The van der Waals surface area contributed by atoms with Crippen LogP contribution < -0.4 is 14.9 Å². The maximum Gasteiger partial charge on any atom is 0.341 e. The smallest absolute Gasteiger partial charge is 0.341 e. The van der Waals surface area contributed by atoms with Gasteiger partial charge in [-0.1, -0.05) is 13.8 Å². The lowest BCUT2D eigenvalue weighted by Gasteiger charge is -2.33. The maximum atomic E-state index is 12.4. The molecular formula is C21H25NO6. The number of nitrogens with zero attached hydrogens (tertiary/aromatic N) is 1. The lowest BCUT2D eigenvalue weighted by molar-refractivity contribution is 0.0694. The Bertz CT molecular complexity index is 947. The van der Waals surface area contributed by atoms with E-state index >= 15 is 0 Å². The molecule has 1 aromatic heterocycles. The Morgan fingerprint density at radius 1 is 1.21 bits per heavy atom. The number of carbonyl (C=O) groups is 1. The quantitative estimate of drug-likeness (QED) is 0.735. The number of benzene rings is 1. The van der Waals surface area contributed by atoms with Gasteiger partial charge in [0.1, 0.15) is 12.2 Å². The molecule has 150 valence electrons. The van der Waals surface area contributed by atoms with E-state index in [4.69, 9.17) is 14.2 Å². The average molecular weight is 387 g/mol. The van der Waals surface area contributed by atoms with Crippen molar-refractivity contribution in [2.45, 2.75) is 26.3 Å². The molecule has 1 N–H and O–H groups in total. The number of methoxy groups -OCH3 is 2. The molecule has 0 saturated carbocycles. The Balaban J connectivity index is 2.17. The molecular weight excluding hydrogens is 362 g/mol. The first kappa shape index (κ1) is 19.9. The van der Waals surface area contributed by atoms with Gasteiger partial charge in [0, 0.05) is 31.0 Å². The maximum absolute atomic E-state index is 12.4. The highest BCUT2D eigenvalue weighted by Gasteiger charge is 2.29. The van der Waals surface area contributed by atoms with Crippen LogP contribution in [-0.4, -0.2) is 43.1 Å². The number of aromatic carboxylic acids is 1. The molecule has 7 nitrogen and oxygen atoms in total. The van der Waals surface area contributed by atoms with E-state index in [1.165, 1.54) is 12.3 Å². The lowest BCUT2D eigenvalue weighted by atomic mass is 9.87. The lowest BCUT2D eigenvalue weighted by Crippen LogP contribution is -2.28. The van der Waals surface area contributed by atoms with Crippen LogP contribution in [0.25, 0.3) is 11.3 Å². The van der Waals surface area contributed by atoms with Crippen LogP contribution in [0, 0.1) is 5.92 Å². The van der Waals surface area contributed by atoms with Gasteiger partial charge in [-0.15, -0.1) is 0 Å². The molecule has 1 aliphatic rings. The van der Waals surface area contributed by atoms with Crippen molar-refractivity contribution in [3.05, 3.63) is 45.7 Å². The van der Waals surface area contributed by atoms with E-state index in [0.717, 1.165) is 11.1 Å². The zero-order valence-electron chi connectivity index (χ0n) is 16.5. The summed E-state index contributed by atoms with van der Waals surface area (Å²) < 4.78 is 18.2. The molecule has 0 aliphatic carbocycles. The van der Waals surface area contributed by atoms with Crippen LogP contribution in [0.5, 0.6) is 11.5 Å². The predicted molar refractivity (Wildman–Crippen MR) is 105 cm³/mol. The molecule has 0 amide bonds. The Labute approximate surface area is 163 Å². The van der Waals surface area contributed by atoms with E-state index in [1.807, 2.05) is 16.7 Å². The summed E-state index contributed by atoms with van der Waals surface area (Å²) in [5, 5.41) is 9.35. The number of aromatic nitrogens is 1. The summed E-state index contributed by atoms with van der Waals surface area (Å²) in [6.45, 7) is 5.03. The third-order valence-electron chi connectivity index (χ3n) is 5.08. The number of ether oxygens (including phenoxy) is 3. The van der Waals surface area contributed by atoms with Crippen LogP contribution in [0.2, 0.25) is 0 Å². The standard InChI is InChI=1S/C21H25NO6/c1-12(2)16-7-13-8-20(28-6-5-26-3)19(27-4)9-14(13)17-10-18(23)15(21(24)25)11-22(16)17/h8-12,16H,5-7H2,1-4H3,(H,24,25)/t16-/m1/s1. The van der Waals surface area contributed by atoms with E-state index < -0.39 is 11.4 Å². The molecule has 0 bridgehead atoms. The van der Waals surface area contributed by atoms with Crippen LogP contribution in [0.15, 0.2) is 29.2 Å². The highest BCUT2D eigenvalue weighted by molar-refractivity contribution is 5.87. The van der Waals surface area contributed by atoms with Crippen molar-refractivity contribution in [2.24, 2.45) is 5.92 Å². The van der Waals surface area contributed by atoms with Gasteiger partial charge >= 0.3 is 5.97 Å². The Morgan fingerprint density at radius 3 is 2.57 bits per heavy atom. The Hall–Kier alpha value is -2.80. The van der Waals surface area contributed by atoms with E-state index in [9.17, 15) is 14.7 Å². The van der Waals surface area contributed by atoms with Crippen molar-refractivity contribution in [1.82, 2.24) is 4.57 Å². The number of rotatable bonds is 7. The zero-order valence-corrected chi connectivity index (χ0v) is 16.5. The number of fused-ring (bicyclic) bond motifs is 3. The van der Waals surface area contributed by atoms with Crippen molar-refractivity contribution < 1.29 is 24.1 Å². The Morgan fingerprint density at radius 2 is 1.96 bits per heavy atom. The highest BCUT2D eigenvalue weighted by Crippen LogP contribution is 2.42. The van der Waals surface area contributed by atoms with Gasteiger partial charge < -0.3 is 23.9 Å². The molecule has 0 radical (unpaired) electrons. The minimum atomic E-state index is -1.21. The number of hydrogen-bond donors (Lipinski definition) is 1. The fourth-order valence-electron chi connectivity index (χ4n) is 3.60. The second-order valence-corrected chi connectivity index (χ2v) is 7.17. The Kier molecular flexibility index (Phi) is 5.74. The molecule has 1 atom stereocenters. The molecule has 1 aliphatic heterocycles. The fraction of sp³-hybridized carbons (Fsp3) is 0.429. The molecule has 1 aromatic carbocycles. The van der Waals surface area contributed by atoms with Crippen molar-refractivity contribution in [2.75, 3.05) is 27.4 Å². The second-order valence-electron chi connectivity index (χ2n) is 7.17. The fourth-order valence-corrected chi connectivity index (χ4v) is 3.60. The van der Waals surface area contributed by atoms with Gasteiger partial charge in [-0.05, 0) is 30.0 Å². The van der Waals surface area contributed by atoms with Gasteiger partial charge in [-0.3, -0.25) is 4.79 Å². The molecule has 0 saturated heterocycles. The van der Waals surface area contributed by atoms with Crippen LogP contribution in [-0.2, 0) is 11.2 Å². The molecule has 0 fully saturated rings. The summed E-state index contributed by atoms with van der Waals surface area (Å²) in [7, 11) is 3.17. The molecule has 3 rings (SSSR count). The van der Waals surface area contributed by atoms with Gasteiger partial charge in [0.15, 0.2) is 16.9 Å². The first-order valence-electron chi connectivity index (χ1n) is 9.19. The largest absolute Gasteiger partial charge is 0.493 e.